The maximum absolute atomic E-state index is 5.87. The van der Waals surface area contributed by atoms with Crippen LogP contribution in [0.3, 0.4) is 0 Å². The standard InChI is InChI=1S/C10H19IO2/c1-9(2,3)10(12-8-13-11)6-4-5-7-10/h4-8H2,1-3H3. The van der Waals surface area contributed by atoms with Crippen LogP contribution in [0.2, 0.25) is 0 Å². The Hall–Kier alpha value is 0.650. The number of halogens is 1. The summed E-state index contributed by atoms with van der Waals surface area (Å²) >= 11 is 1.88. The van der Waals surface area contributed by atoms with E-state index < -0.39 is 0 Å². The second kappa shape index (κ2) is 4.45. The van der Waals surface area contributed by atoms with Crippen molar-refractivity contribution in [3.05, 3.63) is 0 Å². The van der Waals surface area contributed by atoms with E-state index in [-0.39, 0.29) is 11.0 Å². The first-order chi connectivity index (χ1) is 6.02. The van der Waals surface area contributed by atoms with Gasteiger partial charge in [0, 0.05) is 0 Å². The van der Waals surface area contributed by atoms with Gasteiger partial charge in [-0.1, -0.05) is 33.6 Å². The highest BCUT2D eigenvalue weighted by Crippen LogP contribution is 2.46. The Morgan fingerprint density at radius 1 is 1.23 bits per heavy atom. The van der Waals surface area contributed by atoms with Crippen molar-refractivity contribution in [3.8, 4) is 0 Å². The molecule has 0 aromatic heterocycles. The molecule has 0 radical (unpaired) electrons. The van der Waals surface area contributed by atoms with E-state index in [0.29, 0.717) is 6.79 Å². The van der Waals surface area contributed by atoms with Crippen LogP contribution in [0.15, 0.2) is 0 Å². The molecular weight excluding hydrogens is 279 g/mol. The molecule has 1 fully saturated rings. The number of ether oxygens (including phenoxy) is 1. The summed E-state index contributed by atoms with van der Waals surface area (Å²) in [6.45, 7) is 7.18. The van der Waals surface area contributed by atoms with Gasteiger partial charge in [-0.2, -0.15) is 0 Å². The Kier molecular flexibility index (Phi) is 4.01. The molecule has 2 nitrogen and oxygen atoms in total. The number of hydrogen-bond donors (Lipinski definition) is 0. The lowest BCUT2D eigenvalue weighted by atomic mass is 9.75. The molecule has 0 heterocycles. The molecule has 0 bridgehead atoms. The Labute approximate surface area is 95.1 Å². The molecule has 1 saturated carbocycles. The maximum atomic E-state index is 5.87. The van der Waals surface area contributed by atoms with Crippen LogP contribution < -0.4 is 0 Å². The van der Waals surface area contributed by atoms with Gasteiger partial charge in [-0.05, 0) is 18.3 Å². The van der Waals surface area contributed by atoms with Gasteiger partial charge >= 0.3 is 0 Å². The van der Waals surface area contributed by atoms with Crippen molar-refractivity contribution in [2.45, 2.75) is 52.1 Å². The van der Waals surface area contributed by atoms with Crippen molar-refractivity contribution in [1.82, 2.24) is 0 Å². The van der Waals surface area contributed by atoms with Gasteiger partial charge in [0.15, 0.2) is 6.79 Å². The van der Waals surface area contributed by atoms with Crippen LogP contribution in [0.25, 0.3) is 0 Å². The first kappa shape index (κ1) is 11.7. The van der Waals surface area contributed by atoms with E-state index in [9.17, 15) is 0 Å². The first-order valence-corrected chi connectivity index (χ1v) is 5.77. The van der Waals surface area contributed by atoms with E-state index in [0.717, 1.165) is 0 Å². The predicted molar refractivity (Wildman–Crippen MR) is 61.7 cm³/mol. The van der Waals surface area contributed by atoms with Gasteiger partial charge in [-0.25, -0.2) is 0 Å². The minimum absolute atomic E-state index is 0.0537. The van der Waals surface area contributed by atoms with Gasteiger partial charge in [-0.15, -0.1) is 0 Å². The molecular formula is C10H19IO2. The summed E-state index contributed by atoms with van der Waals surface area (Å²) in [7, 11) is 0. The van der Waals surface area contributed by atoms with Crippen molar-refractivity contribution in [2.75, 3.05) is 6.79 Å². The third-order valence-electron chi connectivity index (χ3n) is 3.16. The molecule has 1 rings (SSSR count). The largest absolute Gasteiger partial charge is 0.348 e. The van der Waals surface area contributed by atoms with Crippen molar-refractivity contribution >= 4 is 23.0 Å². The predicted octanol–water partition coefficient (Wildman–Crippen LogP) is 3.69. The van der Waals surface area contributed by atoms with Gasteiger partial charge in [-0.3, -0.25) is 3.07 Å². The lowest BCUT2D eigenvalue weighted by molar-refractivity contribution is -0.146. The SMILES string of the molecule is CC(C)(C)C1(OCOI)CCCC1. The summed E-state index contributed by atoms with van der Waals surface area (Å²) in [5, 5.41) is 0. The maximum Gasteiger partial charge on any atom is 0.158 e. The lowest BCUT2D eigenvalue weighted by Gasteiger charge is -2.41. The monoisotopic (exact) mass is 298 g/mol. The van der Waals surface area contributed by atoms with Gasteiger partial charge < -0.3 is 4.74 Å². The normalized spacial score (nSPS) is 22.2. The van der Waals surface area contributed by atoms with Crippen LogP contribution in [-0.4, -0.2) is 12.4 Å². The van der Waals surface area contributed by atoms with Crippen LogP contribution in [0.5, 0.6) is 0 Å². The third kappa shape index (κ3) is 2.57. The zero-order chi connectivity index (χ0) is 9.95. The fourth-order valence-electron chi connectivity index (χ4n) is 2.19. The fraction of sp³-hybridized carbons (Fsp3) is 1.00. The van der Waals surface area contributed by atoms with E-state index in [1.165, 1.54) is 25.7 Å². The molecule has 0 saturated heterocycles. The van der Waals surface area contributed by atoms with Crippen LogP contribution in [0.1, 0.15) is 46.5 Å². The quantitative estimate of drug-likeness (QED) is 0.584. The average molecular weight is 298 g/mol. The van der Waals surface area contributed by atoms with E-state index in [2.05, 4.69) is 20.8 Å². The molecule has 0 atom stereocenters. The van der Waals surface area contributed by atoms with Gasteiger partial charge in [0.1, 0.15) is 23.0 Å². The summed E-state index contributed by atoms with van der Waals surface area (Å²) in [5.74, 6) is 0. The fourth-order valence-corrected chi connectivity index (χ4v) is 2.32. The minimum atomic E-state index is 0.0537. The van der Waals surface area contributed by atoms with Crippen LogP contribution in [0.4, 0.5) is 0 Å². The highest BCUT2D eigenvalue weighted by atomic mass is 127. The summed E-state index contributed by atoms with van der Waals surface area (Å²) in [6.07, 6.45) is 4.93. The van der Waals surface area contributed by atoms with E-state index >= 15 is 0 Å². The van der Waals surface area contributed by atoms with Crippen LogP contribution >= 0.6 is 23.0 Å². The van der Waals surface area contributed by atoms with Crippen LogP contribution in [0, 0.1) is 5.41 Å². The summed E-state index contributed by atoms with van der Waals surface area (Å²) in [5.41, 5.74) is 0.275. The second-order valence-electron chi connectivity index (χ2n) is 4.82. The van der Waals surface area contributed by atoms with Gasteiger partial charge in [0.05, 0.1) is 5.60 Å². The van der Waals surface area contributed by atoms with E-state index in [1.807, 2.05) is 23.0 Å². The lowest BCUT2D eigenvalue weighted by Crippen LogP contribution is -2.43. The molecule has 0 spiro atoms. The topological polar surface area (TPSA) is 18.5 Å². The minimum Gasteiger partial charge on any atom is -0.348 e. The molecule has 1 aliphatic rings. The van der Waals surface area contributed by atoms with Gasteiger partial charge in [0.2, 0.25) is 0 Å². The Balaban J connectivity index is 2.64. The Morgan fingerprint density at radius 2 is 1.77 bits per heavy atom. The smallest absolute Gasteiger partial charge is 0.158 e. The number of rotatable bonds is 3. The Bertz CT molecular complexity index is 157. The first-order valence-electron chi connectivity index (χ1n) is 4.89. The summed E-state index contributed by atoms with van der Waals surface area (Å²) in [4.78, 5) is 0. The van der Waals surface area contributed by atoms with Crippen molar-refractivity contribution in [1.29, 1.82) is 0 Å². The molecule has 13 heavy (non-hydrogen) atoms. The Morgan fingerprint density at radius 3 is 2.15 bits per heavy atom. The average Bonchev–Trinajstić information content (AvgIpc) is 2.48. The molecule has 0 amide bonds. The molecule has 1 aliphatic carbocycles. The zero-order valence-corrected chi connectivity index (χ0v) is 10.9. The summed E-state index contributed by atoms with van der Waals surface area (Å²) in [6, 6.07) is 0. The molecule has 0 aromatic rings. The summed E-state index contributed by atoms with van der Waals surface area (Å²) < 4.78 is 10.8. The molecule has 0 unspecified atom stereocenters. The highest BCUT2D eigenvalue weighted by Gasteiger charge is 2.45. The highest BCUT2D eigenvalue weighted by molar-refractivity contribution is 14.1. The van der Waals surface area contributed by atoms with Gasteiger partial charge in [0.25, 0.3) is 0 Å². The molecule has 0 aromatic carbocycles. The molecule has 78 valence electrons. The van der Waals surface area contributed by atoms with E-state index in [4.69, 9.17) is 7.80 Å². The van der Waals surface area contributed by atoms with Crippen LogP contribution in [-0.2, 0) is 7.80 Å². The van der Waals surface area contributed by atoms with E-state index in [1.54, 1.807) is 0 Å². The molecule has 0 N–H and O–H groups in total. The molecule has 3 heteroatoms. The van der Waals surface area contributed by atoms with Crippen molar-refractivity contribution in [3.63, 3.8) is 0 Å². The second-order valence-corrected chi connectivity index (χ2v) is 5.45. The molecule has 0 aliphatic heterocycles. The van der Waals surface area contributed by atoms with Crippen molar-refractivity contribution in [2.24, 2.45) is 5.41 Å². The van der Waals surface area contributed by atoms with Crippen molar-refractivity contribution < 1.29 is 7.80 Å². The third-order valence-corrected chi connectivity index (χ3v) is 3.41. The number of hydrogen-bond acceptors (Lipinski definition) is 2. The zero-order valence-electron chi connectivity index (χ0n) is 8.73.